The number of carbonyl (C=O) groups excluding carboxylic acids is 1. The van der Waals surface area contributed by atoms with Crippen molar-refractivity contribution in [1.29, 1.82) is 0 Å². The lowest BCUT2D eigenvalue weighted by atomic mass is 10.3. The standard InChI is InChI=1S/C17H18N4O2S/c1-20-6-2-3-14(20)16(22)18-12-4-5-13-15(11-12)24-17(19-13)21-7-9-23-10-8-21/h2-6,11H,7-10H2,1H3,(H,18,22). The second kappa shape index (κ2) is 6.26. The van der Waals surface area contributed by atoms with Gasteiger partial charge in [-0.3, -0.25) is 4.79 Å². The molecule has 6 nitrogen and oxygen atoms in total. The van der Waals surface area contributed by atoms with E-state index in [0.717, 1.165) is 47.3 Å². The third kappa shape index (κ3) is 2.88. The van der Waals surface area contributed by atoms with Gasteiger partial charge in [-0.2, -0.15) is 0 Å². The summed E-state index contributed by atoms with van der Waals surface area (Å²) < 4.78 is 8.26. The predicted octanol–water partition coefficient (Wildman–Crippen LogP) is 2.72. The van der Waals surface area contributed by atoms with E-state index >= 15 is 0 Å². The summed E-state index contributed by atoms with van der Waals surface area (Å²) >= 11 is 1.65. The Morgan fingerprint density at radius 1 is 1.29 bits per heavy atom. The van der Waals surface area contributed by atoms with Gasteiger partial charge in [-0.05, 0) is 30.3 Å². The van der Waals surface area contributed by atoms with Gasteiger partial charge in [0.1, 0.15) is 5.69 Å². The molecule has 0 bridgehead atoms. The average molecular weight is 342 g/mol. The molecule has 1 aliphatic heterocycles. The van der Waals surface area contributed by atoms with Crippen LogP contribution in [-0.4, -0.2) is 41.8 Å². The highest BCUT2D eigenvalue weighted by molar-refractivity contribution is 7.22. The summed E-state index contributed by atoms with van der Waals surface area (Å²) in [6, 6.07) is 9.49. The number of anilines is 2. The highest BCUT2D eigenvalue weighted by Gasteiger charge is 2.16. The minimum atomic E-state index is -0.111. The highest BCUT2D eigenvalue weighted by atomic mass is 32.1. The first-order valence-electron chi connectivity index (χ1n) is 7.87. The number of hydrogen-bond acceptors (Lipinski definition) is 5. The number of hydrogen-bond donors (Lipinski definition) is 1. The second-order valence-electron chi connectivity index (χ2n) is 5.74. The van der Waals surface area contributed by atoms with E-state index in [0.29, 0.717) is 5.69 Å². The second-order valence-corrected chi connectivity index (χ2v) is 6.75. The van der Waals surface area contributed by atoms with Crippen LogP contribution in [0.5, 0.6) is 0 Å². The zero-order chi connectivity index (χ0) is 16.5. The number of benzene rings is 1. The first kappa shape index (κ1) is 15.2. The molecular formula is C17H18N4O2S. The van der Waals surface area contributed by atoms with Crippen molar-refractivity contribution in [2.45, 2.75) is 0 Å². The Bertz CT molecular complexity index is 880. The monoisotopic (exact) mass is 342 g/mol. The Labute approximate surface area is 143 Å². The smallest absolute Gasteiger partial charge is 0.272 e. The van der Waals surface area contributed by atoms with Crippen molar-refractivity contribution in [3.63, 3.8) is 0 Å². The van der Waals surface area contributed by atoms with E-state index in [2.05, 4.69) is 10.2 Å². The molecular weight excluding hydrogens is 324 g/mol. The Hall–Kier alpha value is -2.38. The number of carbonyl (C=O) groups is 1. The summed E-state index contributed by atoms with van der Waals surface area (Å²) in [6.45, 7) is 3.23. The molecule has 1 fully saturated rings. The number of nitrogens with one attached hydrogen (secondary N) is 1. The molecule has 4 rings (SSSR count). The maximum atomic E-state index is 12.3. The normalized spacial score (nSPS) is 15.0. The number of aryl methyl sites for hydroxylation is 1. The summed E-state index contributed by atoms with van der Waals surface area (Å²) in [5.41, 5.74) is 2.37. The number of amides is 1. The molecule has 1 amide bonds. The van der Waals surface area contributed by atoms with Crippen LogP contribution in [-0.2, 0) is 11.8 Å². The molecule has 0 spiro atoms. The summed E-state index contributed by atoms with van der Waals surface area (Å²) in [7, 11) is 1.86. The van der Waals surface area contributed by atoms with Gasteiger partial charge in [0, 0.05) is 32.0 Å². The molecule has 24 heavy (non-hydrogen) atoms. The van der Waals surface area contributed by atoms with Crippen molar-refractivity contribution in [3.8, 4) is 0 Å². The number of rotatable bonds is 3. The molecule has 2 aromatic heterocycles. The zero-order valence-electron chi connectivity index (χ0n) is 13.4. The van der Waals surface area contributed by atoms with Crippen LogP contribution < -0.4 is 10.2 Å². The Morgan fingerprint density at radius 2 is 2.12 bits per heavy atom. The van der Waals surface area contributed by atoms with E-state index in [1.807, 2.05) is 37.5 Å². The molecule has 1 N–H and O–H groups in total. The van der Waals surface area contributed by atoms with Crippen molar-refractivity contribution in [1.82, 2.24) is 9.55 Å². The van der Waals surface area contributed by atoms with Crippen LogP contribution in [0.2, 0.25) is 0 Å². The van der Waals surface area contributed by atoms with Crippen molar-refractivity contribution in [3.05, 3.63) is 42.2 Å². The van der Waals surface area contributed by atoms with Crippen molar-refractivity contribution in [2.24, 2.45) is 7.05 Å². The summed E-state index contributed by atoms with van der Waals surface area (Å²) in [5, 5.41) is 3.96. The van der Waals surface area contributed by atoms with Crippen molar-refractivity contribution < 1.29 is 9.53 Å². The van der Waals surface area contributed by atoms with Crippen LogP contribution in [0.3, 0.4) is 0 Å². The van der Waals surface area contributed by atoms with Crippen LogP contribution >= 0.6 is 11.3 Å². The topological polar surface area (TPSA) is 59.4 Å². The van der Waals surface area contributed by atoms with E-state index < -0.39 is 0 Å². The first-order chi connectivity index (χ1) is 11.7. The lowest BCUT2D eigenvalue weighted by Gasteiger charge is -2.25. The van der Waals surface area contributed by atoms with Crippen LogP contribution in [0.4, 0.5) is 10.8 Å². The maximum Gasteiger partial charge on any atom is 0.272 e. The van der Waals surface area contributed by atoms with Gasteiger partial charge in [-0.25, -0.2) is 4.98 Å². The fraction of sp³-hybridized carbons (Fsp3) is 0.294. The lowest BCUT2D eigenvalue weighted by Crippen LogP contribution is -2.36. The third-order valence-corrected chi connectivity index (χ3v) is 5.17. The molecule has 3 aromatic rings. The van der Waals surface area contributed by atoms with E-state index in [1.165, 1.54) is 0 Å². The number of morpholine rings is 1. The number of nitrogens with zero attached hydrogens (tertiary/aromatic N) is 3. The molecule has 3 heterocycles. The molecule has 0 unspecified atom stereocenters. The van der Waals surface area contributed by atoms with Crippen molar-refractivity contribution >= 4 is 38.3 Å². The minimum absolute atomic E-state index is 0.111. The average Bonchev–Trinajstić information content (AvgIpc) is 3.21. The first-order valence-corrected chi connectivity index (χ1v) is 8.68. The molecule has 1 saturated heterocycles. The van der Waals surface area contributed by atoms with Gasteiger partial charge in [0.05, 0.1) is 23.4 Å². The fourth-order valence-corrected chi connectivity index (χ4v) is 3.83. The number of ether oxygens (including phenoxy) is 1. The summed E-state index contributed by atoms with van der Waals surface area (Å²) in [6.07, 6.45) is 1.86. The zero-order valence-corrected chi connectivity index (χ0v) is 14.2. The van der Waals surface area contributed by atoms with Crippen LogP contribution in [0.25, 0.3) is 10.2 Å². The quantitative estimate of drug-likeness (QED) is 0.795. The van der Waals surface area contributed by atoms with Gasteiger partial charge in [0.25, 0.3) is 5.91 Å². The number of thiazole rings is 1. The van der Waals surface area contributed by atoms with E-state index in [1.54, 1.807) is 22.0 Å². The highest BCUT2D eigenvalue weighted by Crippen LogP contribution is 2.31. The van der Waals surface area contributed by atoms with Gasteiger partial charge < -0.3 is 19.5 Å². The van der Waals surface area contributed by atoms with Crippen LogP contribution in [0.15, 0.2) is 36.5 Å². The SMILES string of the molecule is Cn1cccc1C(=O)Nc1ccc2nc(N3CCOCC3)sc2c1. The largest absolute Gasteiger partial charge is 0.378 e. The molecule has 0 saturated carbocycles. The van der Waals surface area contributed by atoms with Gasteiger partial charge in [0.15, 0.2) is 5.13 Å². The number of aromatic nitrogens is 2. The van der Waals surface area contributed by atoms with Gasteiger partial charge in [0.2, 0.25) is 0 Å². The summed E-state index contributed by atoms with van der Waals surface area (Å²) in [5.74, 6) is -0.111. The molecule has 1 aromatic carbocycles. The number of fused-ring (bicyclic) bond motifs is 1. The van der Waals surface area contributed by atoms with Crippen LogP contribution in [0, 0.1) is 0 Å². The third-order valence-electron chi connectivity index (χ3n) is 4.09. The maximum absolute atomic E-state index is 12.3. The molecule has 7 heteroatoms. The van der Waals surface area contributed by atoms with E-state index in [-0.39, 0.29) is 5.91 Å². The van der Waals surface area contributed by atoms with Gasteiger partial charge in [-0.1, -0.05) is 11.3 Å². The van der Waals surface area contributed by atoms with Gasteiger partial charge in [-0.15, -0.1) is 0 Å². The molecule has 1 aliphatic rings. The van der Waals surface area contributed by atoms with E-state index in [4.69, 9.17) is 9.72 Å². The molecule has 0 aliphatic carbocycles. The predicted molar refractivity (Wildman–Crippen MR) is 96.0 cm³/mol. The minimum Gasteiger partial charge on any atom is -0.378 e. The van der Waals surface area contributed by atoms with Crippen molar-refractivity contribution in [2.75, 3.05) is 36.5 Å². The Morgan fingerprint density at radius 3 is 2.88 bits per heavy atom. The Balaban J connectivity index is 1.56. The lowest BCUT2D eigenvalue weighted by molar-refractivity contribution is 0.101. The molecule has 0 radical (unpaired) electrons. The van der Waals surface area contributed by atoms with Gasteiger partial charge >= 0.3 is 0 Å². The van der Waals surface area contributed by atoms with E-state index in [9.17, 15) is 4.79 Å². The Kier molecular flexibility index (Phi) is 3.95. The van der Waals surface area contributed by atoms with Crippen LogP contribution in [0.1, 0.15) is 10.5 Å². The fourth-order valence-electron chi connectivity index (χ4n) is 2.77. The molecule has 0 atom stereocenters. The summed E-state index contributed by atoms with van der Waals surface area (Å²) in [4.78, 5) is 19.3. The molecule has 124 valence electrons.